The summed E-state index contributed by atoms with van der Waals surface area (Å²) in [6, 6.07) is 7.05. The minimum absolute atomic E-state index is 0.102. The van der Waals surface area contributed by atoms with Crippen LogP contribution in [0, 0.1) is 0 Å². The Morgan fingerprint density at radius 1 is 1.18 bits per heavy atom. The summed E-state index contributed by atoms with van der Waals surface area (Å²) in [6.45, 7) is 1.08. The van der Waals surface area contributed by atoms with Crippen molar-refractivity contribution in [1.82, 2.24) is 4.98 Å². The number of anilines is 1. The number of halogens is 3. The number of aromatic nitrogens is 1. The molecule has 0 aliphatic carbocycles. The number of alkyl halides is 3. The van der Waals surface area contributed by atoms with Crippen molar-refractivity contribution in [2.75, 3.05) is 19.0 Å². The quantitative estimate of drug-likeness (QED) is 0.327. The Morgan fingerprint density at radius 2 is 1.85 bits per heavy atom. The topological polar surface area (TPSA) is 145 Å². The van der Waals surface area contributed by atoms with Crippen molar-refractivity contribution in [2.45, 2.75) is 13.1 Å². The van der Waals surface area contributed by atoms with E-state index < -0.39 is 17.6 Å². The summed E-state index contributed by atoms with van der Waals surface area (Å²) in [7, 11) is 1.39. The van der Waals surface area contributed by atoms with Crippen molar-refractivity contribution in [2.24, 2.45) is 21.5 Å². The Balaban J connectivity index is 2.10. The van der Waals surface area contributed by atoms with Crippen molar-refractivity contribution in [1.29, 1.82) is 0 Å². The normalized spacial score (nSPS) is 12.9. The molecule has 0 aliphatic heterocycles. The minimum atomic E-state index is -4.46. The summed E-state index contributed by atoms with van der Waals surface area (Å²) in [5.41, 5.74) is 10.9. The van der Waals surface area contributed by atoms with Gasteiger partial charge in [0.25, 0.3) is 5.91 Å². The molecule has 2 amide bonds. The van der Waals surface area contributed by atoms with Crippen molar-refractivity contribution >= 4 is 29.2 Å². The third-order valence-corrected chi connectivity index (χ3v) is 4.12. The molecule has 174 valence electrons. The molecule has 0 unspecified atom stereocenters. The van der Waals surface area contributed by atoms with E-state index >= 15 is 0 Å². The van der Waals surface area contributed by atoms with Gasteiger partial charge in [0, 0.05) is 31.9 Å². The maximum Gasteiger partial charge on any atom is 0.416 e. The number of carbonyl (C=O) groups is 2. The van der Waals surface area contributed by atoms with Crippen LogP contribution in [0.25, 0.3) is 0 Å². The van der Waals surface area contributed by atoms with Crippen molar-refractivity contribution in [3.8, 4) is 5.75 Å². The van der Waals surface area contributed by atoms with Crippen LogP contribution in [0.5, 0.6) is 5.75 Å². The fourth-order valence-electron chi connectivity index (χ4n) is 2.48. The van der Waals surface area contributed by atoms with Gasteiger partial charge in [-0.3, -0.25) is 14.6 Å². The average molecular weight is 462 g/mol. The summed E-state index contributed by atoms with van der Waals surface area (Å²) in [4.78, 5) is 35.4. The van der Waals surface area contributed by atoms with Crippen molar-refractivity contribution < 1.29 is 27.5 Å². The highest BCUT2D eigenvalue weighted by Crippen LogP contribution is 2.30. The first-order valence-electron chi connectivity index (χ1n) is 9.35. The number of amidine groups is 1. The number of benzene rings is 1. The van der Waals surface area contributed by atoms with Gasteiger partial charge >= 0.3 is 6.18 Å². The molecule has 0 saturated heterocycles. The maximum absolute atomic E-state index is 12.7. The van der Waals surface area contributed by atoms with Gasteiger partial charge in [-0.15, -0.1) is 0 Å². The highest BCUT2D eigenvalue weighted by Gasteiger charge is 2.30. The van der Waals surface area contributed by atoms with Gasteiger partial charge in [0.05, 0.1) is 16.8 Å². The van der Waals surface area contributed by atoms with Gasteiger partial charge in [-0.1, -0.05) is 0 Å². The number of pyridine rings is 1. The van der Waals surface area contributed by atoms with Crippen LogP contribution >= 0.6 is 0 Å². The van der Waals surface area contributed by atoms with Crippen molar-refractivity contribution in [3.63, 3.8) is 0 Å². The number of amides is 2. The molecule has 2 rings (SSSR count). The smallest absolute Gasteiger partial charge is 0.416 e. The van der Waals surface area contributed by atoms with E-state index in [0.717, 1.165) is 30.5 Å². The van der Waals surface area contributed by atoms with E-state index in [2.05, 4.69) is 20.3 Å². The van der Waals surface area contributed by atoms with Gasteiger partial charge in [-0.25, -0.2) is 4.98 Å². The summed E-state index contributed by atoms with van der Waals surface area (Å²) in [6.07, 6.45) is -2.16. The Kier molecular flexibility index (Phi) is 8.26. The fraction of sp³-hybridized carbons (Fsp3) is 0.190. The largest absolute Gasteiger partial charge is 0.487 e. The van der Waals surface area contributed by atoms with Gasteiger partial charge in [0.2, 0.25) is 5.91 Å². The molecular weight excluding hydrogens is 441 g/mol. The van der Waals surface area contributed by atoms with Gasteiger partial charge < -0.3 is 21.5 Å². The number of hydrogen-bond acceptors (Lipinski definition) is 6. The van der Waals surface area contributed by atoms with E-state index in [1.165, 1.54) is 32.3 Å². The predicted octanol–water partition coefficient (Wildman–Crippen LogP) is 2.28. The Morgan fingerprint density at radius 3 is 2.33 bits per heavy atom. The molecule has 0 radical (unpaired) electrons. The van der Waals surface area contributed by atoms with Crippen LogP contribution in [-0.2, 0) is 15.8 Å². The van der Waals surface area contributed by atoms with Crippen LogP contribution in [0.2, 0.25) is 0 Å². The lowest BCUT2D eigenvalue weighted by molar-refractivity contribution is -0.137. The Bertz CT molecular complexity index is 1090. The number of nitrogens with one attached hydrogen (secondary N) is 1. The molecule has 0 fully saturated rings. The molecule has 1 aromatic heterocycles. The molecule has 0 spiro atoms. The number of hydrogen-bond donors (Lipinski definition) is 3. The summed E-state index contributed by atoms with van der Waals surface area (Å²) >= 11 is 0. The number of ether oxygens (including phenoxy) is 1. The molecule has 33 heavy (non-hydrogen) atoms. The predicted molar refractivity (Wildman–Crippen MR) is 117 cm³/mol. The molecule has 9 nitrogen and oxygen atoms in total. The molecule has 5 N–H and O–H groups in total. The van der Waals surface area contributed by atoms with Gasteiger partial charge in [0.1, 0.15) is 24.0 Å². The van der Waals surface area contributed by atoms with E-state index in [4.69, 9.17) is 16.2 Å². The fourth-order valence-corrected chi connectivity index (χ4v) is 2.48. The van der Waals surface area contributed by atoms with Crippen LogP contribution in [0.3, 0.4) is 0 Å². The second kappa shape index (κ2) is 10.9. The first kappa shape index (κ1) is 25.0. The lowest BCUT2D eigenvalue weighted by atomic mass is 10.1. The number of carbonyl (C=O) groups excluding carboxylic acids is 2. The SMILES string of the molecule is CN=C(COc1ccc(C(F)(F)F)cc1)C(=CN)C(=O)N=C(N)c1ccc(NC(C)=O)nc1. The molecule has 1 aromatic carbocycles. The van der Waals surface area contributed by atoms with Crippen molar-refractivity contribution in [3.05, 3.63) is 65.5 Å². The van der Waals surface area contributed by atoms with E-state index in [1.54, 1.807) is 0 Å². The highest BCUT2D eigenvalue weighted by molar-refractivity contribution is 6.24. The third-order valence-electron chi connectivity index (χ3n) is 4.12. The number of rotatable bonds is 7. The van der Waals surface area contributed by atoms with Gasteiger partial charge in [-0.05, 0) is 36.4 Å². The third kappa shape index (κ3) is 7.16. The second-order valence-electron chi connectivity index (χ2n) is 6.48. The summed E-state index contributed by atoms with van der Waals surface area (Å²) < 4.78 is 43.4. The van der Waals surface area contributed by atoms with E-state index in [0.29, 0.717) is 11.4 Å². The number of aliphatic imine (C=N–C) groups is 2. The van der Waals surface area contributed by atoms with Gasteiger partial charge in [0.15, 0.2) is 0 Å². The molecule has 0 aliphatic rings. The van der Waals surface area contributed by atoms with Crippen LogP contribution < -0.4 is 21.5 Å². The second-order valence-corrected chi connectivity index (χ2v) is 6.48. The molecule has 0 atom stereocenters. The van der Waals surface area contributed by atoms with Crippen LogP contribution in [-0.4, -0.2) is 42.0 Å². The summed E-state index contributed by atoms with van der Waals surface area (Å²) in [5, 5.41) is 2.49. The molecule has 0 saturated carbocycles. The average Bonchev–Trinajstić information content (AvgIpc) is 2.76. The Labute approximate surface area is 187 Å². The van der Waals surface area contributed by atoms with Crippen LogP contribution in [0.15, 0.2) is 64.4 Å². The molecule has 12 heteroatoms. The maximum atomic E-state index is 12.7. The van der Waals surface area contributed by atoms with Crippen LogP contribution in [0.4, 0.5) is 19.0 Å². The zero-order valence-corrected chi connectivity index (χ0v) is 17.7. The molecule has 0 bridgehead atoms. The Hall–Kier alpha value is -4.22. The monoisotopic (exact) mass is 462 g/mol. The highest BCUT2D eigenvalue weighted by atomic mass is 19.4. The molecule has 1 heterocycles. The first-order valence-corrected chi connectivity index (χ1v) is 9.35. The zero-order chi connectivity index (χ0) is 24.6. The minimum Gasteiger partial charge on any atom is -0.487 e. The van der Waals surface area contributed by atoms with Crippen LogP contribution in [0.1, 0.15) is 18.1 Å². The van der Waals surface area contributed by atoms with E-state index in [1.807, 2.05) is 0 Å². The van der Waals surface area contributed by atoms with E-state index in [-0.39, 0.29) is 35.4 Å². The number of nitrogens with zero attached hydrogens (tertiary/aromatic N) is 3. The lowest BCUT2D eigenvalue weighted by Crippen LogP contribution is -2.23. The number of nitrogens with two attached hydrogens (primary N) is 2. The first-order chi connectivity index (χ1) is 15.5. The standard InChI is InChI=1S/C21H21F3N6O3/c1-12(31)29-18-8-3-13(10-28-18)19(26)30-20(32)16(9-25)17(27-2)11-33-15-6-4-14(5-7-15)21(22,23)24/h3-10H,11,25H2,1-2H3,(H2,26,30,32)(H,28,29,31). The molecule has 2 aromatic rings. The van der Waals surface area contributed by atoms with Gasteiger partial charge in [-0.2, -0.15) is 18.2 Å². The molecular formula is C21H21F3N6O3. The lowest BCUT2D eigenvalue weighted by Gasteiger charge is -2.11. The van der Waals surface area contributed by atoms with E-state index in [9.17, 15) is 22.8 Å². The summed E-state index contributed by atoms with van der Waals surface area (Å²) in [5.74, 6) is -0.817. The zero-order valence-electron chi connectivity index (χ0n) is 17.7.